The number of anilines is 1. The minimum absolute atomic E-state index is 0. The van der Waals surface area contributed by atoms with Gasteiger partial charge in [-0.15, -0.1) is 16.5 Å². The Hall–Kier alpha value is -2.86. The third-order valence-corrected chi connectivity index (χ3v) is 7.02. The molecule has 0 aliphatic rings. The van der Waals surface area contributed by atoms with Crippen LogP contribution in [-0.2, 0) is 10.1 Å². The molecule has 11 heteroatoms. The standard InChI is InChI=1S/C23H16N4O4S2.Na/c24-14-6-4-5-13(11-14)23-25-18-10-9-16-17(22(18)32-23)12-19(33(29,30)31)20(21(16)28)27-26-15-7-2-1-3-8-15;/h1-12,28H,24H2,(H,29,30,31);/q;+1/p-1. The number of thiazole rings is 1. The van der Waals surface area contributed by atoms with Crippen LogP contribution < -0.4 is 40.4 Å². The fourth-order valence-electron chi connectivity index (χ4n) is 3.48. The molecule has 164 valence electrons. The van der Waals surface area contributed by atoms with Gasteiger partial charge < -0.3 is 10.8 Å². The maximum absolute atomic E-state index is 13.2. The predicted molar refractivity (Wildman–Crippen MR) is 127 cm³/mol. The van der Waals surface area contributed by atoms with Crippen molar-refractivity contribution < 1.29 is 47.6 Å². The van der Waals surface area contributed by atoms with Crippen molar-refractivity contribution in [3.63, 3.8) is 0 Å². The summed E-state index contributed by atoms with van der Waals surface area (Å²) in [4.78, 5) is 4.00. The number of azo groups is 1. The third kappa shape index (κ3) is 4.56. The van der Waals surface area contributed by atoms with Crippen LogP contribution in [0.2, 0.25) is 0 Å². The average molecular weight is 499 g/mol. The molecule has 0 fully saturated rings. The molecule has 1 heterocycles. The van der Waals surface area contributed by atoms with Gasteiger partial charge in [0.15, 0.2) is 0 Å². The van der Waals surface area contributed by atoms with E-state index in [1.807, 2.05) is 12.1 Å². The molecule has 4 aromatic carbocycles. The monoisotopic (exact) mass is 498 g/mol. The van der Waals surface area contributed by atoms with Crippen LogP contribution in [0.25, 0.3) is 31.6 Å². The average Bonchev–Trinajstić information content (AvgIpc) is 3.23. The number of nitrogen functional groups attached to an aromatic ring is 1. The normalized spacial score (nSPS) is 11.8. The Morgan fingerprint density at radius 2 is 1.71 bits per heavy atom. The Balaban J connectivity index is 0.00000274. The Morgan fingerprint density at radius 3 is 2.41 bits per heavy atom. The van der Waals surface area contributed by atoms with Gasteiger partial charge in [0.1, 0.15) is 9.90 Å². The molecule has 0 amide bonds. The fraction of sp³-hybridized carbons (Fsp3) is 0. The molecule has 0 radical (unpaired) electrons. The molecule has 0 aliphatic heterocycles. The van der Waals surface area contributed by atoms with E-state index in [0.29, 0.717) is 32.0 Å². The quantitative estimate of drug-likeness (QED) is 0.169. The summed E-state index contributed by atoms with van der Waals surface area (Å²) >= 11 is 1.30. The zero-order valence-electron chi connectivity index (χ0n) is 17.8. The summed E-state index contributed by atoms with van der Waals surface area (Å²) in [6, 6.07) is 20.3. The van der Waals surface area contributed by atoms with Crippen molar-refractivity contribution >= 4 is 59.5 Å². The molecular weight excluding hydrogens is 483 g/mol. The summed E-state index contributed by atoms with van der Waals surface area (Å²) in [6.45, 7) is 0. The zero-order valence-corrected chi connectivity index (χ0v) is 21.5. The van der Waals surface area contributed by atoms with Gasteiger partial charge in [0.25, 0.3) is 10.1 Å². The van der Waals surface area contributed by atoms with Crippen LogP contribution in [0.5, 0.6) is 5.75 Å². The van der Waals surface area contributed by atoms with Gasteiger partial charge in [-0.05, 0) is 41.8 Å². The topological polar surface area (TPSA) is 141 Å². The molecule has 0 saturated heterocycles. The molecule has 1 aromatic heterocycles. The van der Waals surface area contributed by atoms with Gasteiger partial charge in [0.2, 0.25) is 0 Å². The Bertz CT molecular complexity index is 1670. The molecule has 3 N–H and O–H groups in total. The SMILES string of the molecule is Nc1cccc(-c2nc3ccc4c([O-])c(N=Nc5ccccc5)c(S(=O)(=O)O)cc4c3s2)c1.[Na+]. The molecule has 0 spiro atoms. The number of benzene rings is 4. The number of aromatic nitrogens is 1. The molecular formula is C23H15N4NaO4S2. The number of hydrogen-bond acceptors (Lipinski definition) is 8. The van der Waals surface area contributed by atoms with Crippen LogP contribution in [0.15, 0.2) is 87.9 Å². The Labute approximate surface area is 220 Å². The zero-order chi connectivity index (χ0) is 23.2. The van der Waals surface area contributed by atoms with Gasteiger partial charge in [-0.2, -0.15) is 13.5 Å². The number of nitrogens with zero attached hydrogens (tertiary/aromatic N) is 3. The Kier molecular flexibility index (Phi) is 6.72. The third-order valence-electron chi connectivity index (χ3n) is 5.00. The molecule has 0 saturated carbocycles. The van der Waals surface area contributed by atoms with E-state index in [4.69, 9.17) is 5.73 Å². The summed E-state index contributed by atoms with van der Waals surface area (Å²) < 4.78 is 34.8. The van der Waals surface area contributed by atoms with E-state index in [9.17, 15) is 18.1 Å². The molecule has 34 heavy (non-hydrogen) atoms. The van der Waals surface area contributed by atoms with Crippen molar-refractivity contribution in [3.05, 3.63) is 72.8 Å². The van der Waals surface area contributed by atoms with E-state index in [1.165, 1.54) is 17.4 Å². The first-order valence-electron chi connectivity index (χ1n) is 9.69. The molecule has 0 aliphatic carbocycles. The summed E-state index contributed by atoms with van der Waals surface area (Å²) in [5.41, 5.74) is 7.83. The van der Waals surface area contributed by atoms with Gasteiger partial charge in [-0.25, -0.2) is 4.98 Å². The number of fused-ring (bicyclic) bond motifs is 3. The van der Waals surface area contributed by atoms with Crippen LogP contribution in [0, 0.1) is 0 Å². The fourth-order valence-corrected chi connectivity index (χ4v) is 5.21. The minimum atomic E-state index is -4.76. The molecule has 0 bridgehead atoms. The van der Waals surface area contributed by atoms with Crippen molar-refractivity contribution in [2.24, 2.45) is 10.2 Å². The van der Waals surface area contributed by atoms with Crippen molar-refractivity contribution in [2.75, 3.05) is 5.73 Å². The second-order valence-corrected chi connectivity index (χ2v) is 9.61. The van der Waals surface area contributed by atoms with Crippen molar-refractivity contribution in [3.8, 4) is 16.3 Å². The molecule has 5 aromatic rings. The van der Waals surface area contributed by atoms with E-state index in [1.54, 1.807) is 54.6 Å². The van der Waals surface area contributed by atoms with E-state index in [2.05, 4.69) is 15.2 Å². The first-order valence-corrected chi connectivity index (χ1v) is 11.9. The van der Waals surface area contributed by atoms with Crippen LogP contribution in [-0.4, -0.2) is 18.0 Å². The molecule has 5 rings (SSSR count). The second-order valence-electron chi connectivity index (χ2n) is 7.22. The minimum Gasteiger partial charge on any atom is -0.871 e. The van der Waals surface area contributed by atoms with E-state index in [-0.39, 0.29) is 34.9 Å². The van der Waals surface area contributed by atoms with Crippen molar-refractivity contribution in [2.45, 2.75) is 4.90 Å². The molecule has 8 nitrogen and oxygen atoms in total. The largest absolute Gasteiger partial charge is 1.00 e. The summed E-state index contributed by atoms with van der Waals surface area (Å²) in [5, 5.41) is 22.3. The first kappa shape index (κ1) is 24.3. The van der Waals surface area contributed by atoms with Gasteiger partial charge >= 0.3 is 29.6 Å². The molecule has 0 unspecified atom stereocenters. The predicted octanol–water partition coefficient (Wildman–Crippen LogP) is 2.44. The van der Waals surface area contributed by atoms with Gasteiger partial charge in [0, 0.05) is 16.6 Å². The van der Waals surface area contributed by atoms with Crippen molar-refractivity contribution in [1.82, 2.24) is 4.98 Å². The van der Waals surface area contributed by atoms with E-state index >= 15 is 0 Å². The van der Waals surface area contributed by atoms with E-state index in [0.717, 1.165) is 5.56 Å². The number of rotatable bonds is 4. The van der Waals surface area contributed by atoms with Crippen LogP contribution in [0.4, 0.5) is 17.1 Å². The Morgan fingerprint density at radius 1 is 0.941 bits per heavy atom. The van der Waals surface area contributed by atoms with Crippen LogP contribution >= 0.6 is 11.3 Å². The smallest absolute Gasteiger partial charge is 0.871 e. The van der Waals surface area contributed by atoms with Crippen LogP contribution in [0.1, 0.15) is 0 Å². The van der Waals surface area contributed by atoms with Gasteiger partial charge in [-0.1, -0.05) is 42.1 Å². The maximum Gasteiger partial charge on any atom is 1.00 e. The molecule has 0 atom stereocenters. The number of nitrogens with two attached hydrogens (primary N) is 1. The van der Waals surface area contributed by atoms with Crippen molar-refractivity contribution in [1.29, 1.82) is 0 Å². The summed E-state index contributed by atoms with van der Waals surface area (Å²) in [6.07, 6.45) is 0. The second kappa shape index (κ2) is 9.41. The first-order chi connectivity index (χ1) is 15.8. The van der Waals surface area contributed by atoms with Gasteiger partial charge in [0.05, 0.1) is 21.6 Å². The van der Waals surface area contributed by atoms with E-state index < -0.39 is 26.5 Å². The maximum atomic E-state index is 13.2. The summed E-state index contributed by atoms with van der Waals surface area (Å²) in [5.74, 6) is -0.652. The summed E-state index contributed by atoms with van der Waals surface area (Å²) in [7, 11) is -4.76. The van der Waals surface area contributed by atoms with Crippen LogP contribution in [0.3, 0.4) is 0 Å². The number of hydrogen-bond donors (Lipinski definition) is 2. The van der Waals surface area contributed by atoms with Gasteiger partial charge in [-0.3, -0.25) is 4.55 Å².